The molecule has 0 N–H and O–H groups in total. The van der Waals surface area contributed by atoms with Crippen LogP contribution in [0.2, 0.25) is 0 Å². The fraction of sp³-hybridized carbons (Fsp3) is 0.846. The monoisotopic (exact) mass is 205 g/mol. The molecule has 82 valence electrons. The van der Waals surface area contributed by atoms with E-state index in [1.54, 1.807) is 0 Å². The maximum absolute atomic E-state index is 12.4. The number of carbonyl (C=O) groups excluding carboxylic acids is 1. The first-order valence-electron chi connectivity index (χ1n) is 6.11. The topological polar surface area (TPSA) is 40.9 Å². The lowest BCUT2D eigenvalue weighted by molar-refractivity contribution is -0.138. The van der Waals surface area contributed by atoms with Crippen LogP contribution in [0.15, 0.2) is 0 Å². The summed E-state index contributed by atoms with van der Waals surface area (Å²) < 4.78 is 0. The summed E-state index contributed by atoms with van der Waals surface area (Å²) in [7, 11) is 0. The molecule has 3 rings (SSSR count). The average molecular weight is 205 g/mol. The molecule has 3 aliphatic rings. The minimum atomic E-state index is -0.212. The summed E-state index contributed by atoms with van der Waals surface area (Å²) >= 11 is 0. The number of ketones is 1. The summed E-state index contributed by atoms with van der Waals surface area (Å²) in [6.45, 7) is 4.16. The molecule has 0 aliphatic heterocycles. The smallest absolute Gasteiger partial charge is 0.143 e. The lowest BCUT2D eigenvalue weighted by Gasteiger charge is -2.40. The molecular formula is C13H19NO. The summed E-state index contributed by atoms with van der Waals surface area (Å²) in [6, 6.07) is 2.36. The van der Waals surface area contributed by atoms with Crippen molar-refractivity contribution >= 4 is 5.78 Å². The molecule has 0 saturated heterocycles. The molecule has 1 atom stereocenters. The van der Waals surface area contributed by atoms with E-state index in [1.807, 2.05) is 0 Å². The average Bonchev–Trinajstić information content (AvgIpc) is 2.72. The van der Waals surface area contributed by atoms with E-state index in [4.69, 9.17) is 5.26 Å². The highest BCUT2D eigenvalue weighted by molar-refractivity contribution is 5.89. The third-order valence-corrected chi connectivity index (χ3v) is 4.54. The standard InChI is InChI=1S/C13H19NO/c1-3-10(4-2)12(15)13-6-9(7-13)5-11(13)8-14/h9-11H,3-7H2,1-2H3. The molecule has 0 heterocycles. The molecule has 15 heavy (non-hydrogen) atoms. The van der Waals surface area contributed by atoms with Gasteiger partial charge in [-0.1, -0.05) is 13.8 Å². The predicted molar refractivity (Wildman–Crippen MR) is 58.0 cm³/mol. The van der Waals surface area contributed by atoms with Crippen molar-refractivity contribution in [2.75, 3.05) is 0 Å². The zero-order valence-corrected chi connectivity index (χ0v) is 9.62. The van der Waals surface area contributed by atoms with Crippen molar-refractivity contribution in [2.45, 2.75) is 46.0 Å². The Balaban J connectivity index is 2.17. The van der Waals surface area contributed by atoms with Crippen LogP contribution >= 0.6 is 0 Å². The van der Waals surface area contributed by atoms with Crippen LogP contribution in [-0.2, 0) is 4.79 Å². The maximum atomic E-state index is 12.4. The van der Waals surface area contributed by atoms with Crippen LogP contribution in [0.3, 0.4) is 0 Å². The first-order chi connectivity index (χ1) is 7.17. The van der Waals surface area contributed by atoms with Crippen molar-refractivity contribution in [1.82, 2.24) is 0 Å². The Labute approximate surface area is 91.7 Å². The van der Waals surface area contributed by atoms with Gasteiger partial charge in [-0.25, -0.2) is 0 Å². The van der Waals surface area contributed by atoms with Gasteiger partial charge in [-0.2, -0.15) is 5.26 Å². The lowest BCUT2D eigenvalue weighted by atomic mass is 9.61. The van der Waals surface area contributed by atoms with Gasteiger partial charge < -0.3 is 0 Å². The third-order valence-electron chi connectivity index (χ3n) is 4.54. The third kappa shape index (κ3) is 1.33. The number of hydrogen-bond acceptors (Lipinski definition) is 2. The van der Waals surface area contributed by atoms with Crippen molar-refractivity contribution in [3.63, 3.8) is 0 Å². The van der Waals surface area contributed by atoms with Crippen LogP contribution in [0, 0.1) is 34.5 Å². The summed E-state index contributed by atoms with van der Waals surface area (Å²) in [4.78, 5) is 12.4. The molecule has 3 fully saturated rings. The normalized spacial score (nSPS) is 37.5. The van der Waals surface area contributed by atoms with Crippen LogP contribution in [-0.4, -0.2) is 5.78 Å². The molecule has 3 aliphatic carbocycles. The minimum absolute atomic E-state index is 0.0237. The Hall–Kier alpha value is -0.840. The van der Waals surface area contributed by atoms with Gasteiger partial charge >= 0.3 is 0 Å². The largest absolute Gasteiger partial charge is 0.299 e. The fourth-order valence-corrected chi connectivity index (χ4v) is 3.60. The quantitative estimate of drug-likeness (QED) is 0.708. The second kappa shape index (κ2) is 3.63. The maximum Gasteiger partial charge on any atom is 0.143 e. The second-order valence-electron chi connectivity index (χ2n) is 5.23. The van der Waals surface area contributed by atoms with E-state index >= 15 is 0 Å². The molecule has 2 bridgehead atoms. The van der Waals surface area contributed by atoms with Gasteiger partial charge in [0.1, 0.15) is 5.78 Å². The molecule has 2 heteroatoms. The lowest BCUT2D eigenvalue weighted by Crippen LogP contribution is -2.43. The highest BCUT2D eigenvalue weighted by Gasteiger charge is 2.62. The van der Waals surface area contributed by atoms with Gasteiger partial charge in [0.25, 0.3) is 0 Å². The molecule has 1 unspecified atom stereocenters. The van der Waals surface area contributed by atoms with Gasteiger partial charge in [-0.15, -0.1) is 0 Å². The number of rotatable bonds is 4. The van der Waals surface area contributed by atoms with Crippen molar-refractivity contribution < 1.29 is 4.79 Å². The number of carbonyl (C=O) groups is 1. The van der Waals surface area contributed by atoms with Crippen molar-refractivity contribution in [1.29, 1.82) is 5.26 Å². The number of fused-ring (bicyclic) bond motifs is 1. The summed E-state index contributed by atoms with van der Waals surface area (Å²) in [5, 5.41) is 9.10. The van der Waals surface area contributed by atoms with Crippen molar-refractivity contribution in [2.24, 2.45) is 23.2 Å². The van der Waals surface area contributed by atoms with Crippen LogP contribution in [0.1, 0.15) is 46.0 Å². The van der Waals surface area contributed by atoms with E-state index in [-0.39, 0.29) is 17.3 Å². The van der Waals surface area contributed by atoms with Gasteiger partial charge in [-0.3, -0.25) is 4.79 Å². The molecule has 3 saturated carbocycles. The fourth-order valence-electron chi connectivity index (χ4n) is 3.60. The SMILES string of the molecule is CCC(CC)C(=O)C12CC(CC1C#N)C2. The van der Waals surface area contributed by atoms with E-state index in [2.05, 4.69) is 19.9 Å². The van der Waals surface area contributed by atoms with Crippen LogP contribution in [0.5, 0.6) is 0 Å². The van der Waals surface area contributed by atoms with E-state index < -0.39 is 0 Å². The van der Waals surface area contributed by atoms with Crippen LogP contribution in [0.4, 0.5) is 0 Å². The zero-order valence-electron chi connectivity index (χ0n) is 9.62. The van der Waals surface area contributed by atoms with Crippen molar-refractivity contribution in [3.8, 4) is 6.07 Å². The molecule has 0 spiro atoms. The first kappa shape index (κ1) is 10.7. The van der Waals surface area contributed by atoms with Gasteiger partial charge in [0.2, 0.25) is 0 Å². The Morgan fingerprint density at radius 3 is 2.53 bits per heavy atom. The van der Waals surface area contributed by atoms with Gasteiger partial charge in [0.05, 0.1) is 12.0 Å². The Bertz CT molecular complexity index is 305. The molecule has 0 amide bonds. The van der Waals surface area contributed by atoms with E-state index in [0.29, 0.717) is 11.7 Å². The number of nitrogens with zero attached hydrogens (tertiary/aromatic N) is 1. The van der Waals surface area contributed by atoms with Crippen LogP contribution < -0.4 is 0 Å². The van der Waals surface area contributed by atoms with E-state index in [0.717, 1.165) is 32.1 Å². The number of hydrogen-bond donors (Lipinski definition) is 0. The highest BCUT2D eigenvalue weighted by Crippen LogP contribution is 2.63. The highest BCUT2D eigenvalue weighted by atomic mass is 16.1. The summed E-state index contributed by atoms with van der Waals surface area (Å²) in [5.74, 6) is 1.29. The predicted octanol–water partition coefficient (Wildman–Crippen LogP) is 2.93. The molecule has 0 aromatic carbocycles. The molecule has 0 radical (unpaired) electrons. The molecule has 0 aromatic rings. The number of Topliss-reactive ketones (excluding diaryl/α,β-unsaturated/α-hetero) is 1. The number of nitriles is 1. The zero-order chi connectivity index (χ0) is 11.1. The molecule has 2 nitrogen and oxygen atoms in total. The molecule has 0 aromatic heterocycles. The molecular weight excluding hydrogens is 186 g/mol. The minimum Gasteiger partial charge on any atom is -0.299 e. The van der Waals surface area contributed by atoms with E-state index in [1.165, 1.54) is 0 Å². The van der Waals surface area contributed by atoms with Gasteiger partial charge in [0, 0.05) is 11.3 Å². The first-order valence-corrected chi connectivity index (χ1v) is 6.11. The summed E-state index contributed by atoms with van der Waals surface area (Å²) in [6.07, 6.45) is 4.84. The van der Waals surface area contributed by atoms with Gasteiger partial charge in [0.15, 0.2) is 0 Å². The second-order valence-corrected chi connectivity index (χ2v) is 5.23. The Kier molecular flexibility index (Phi) is 2.58. The Morgan fingerprint density at radius 2 is 2.07 bits per heavy atom. The van der Waals surface area contributed by atoms with Crippen LogP contribution in [0.25, 0.3) is 0 Å². The Morgan fingerprint density at radius 1 is 1.47 bits per heavy atom. The van der Waals surface area contributed by atoms with Crippen molar-refractivity contribution in [3.05, 3.63) is 0 Å². The van der Waals surface area contributed by atoms with E-state index in [9.17, 15) is 4.79 Å². The van der Waals surface area contributed by atoms with Gasteiger partial charge in [-0.05, 0) is 38.0 Å². The summed E-state index contributed by atoms with van der Waals surface area (Å²) in [5.41, 5.74) is -0.212.